The fraction of sp³-hybridized carbons (Fsp3) is 0.412. The van der Waals surface area contributed by atoms with Gasteiger partial charge in [-0.3, -0.25) is 4.79 Å². The topological polar surface area (TPSA) is 46.9 Å². The molecule has 1 unspecified atom stereocenters. The van der Waals surface area contributed by atoms with Gasteiger partial charge >= 0.3 is 0 Å². The smallest absolute Gasteiger partial charge is 0.149 e. The minimum atomic E-state index is -0.125. The van der Waals surface area contributed by atoms with Crippen molar-refractivity contribution in [2.75, 3.05) is 6.54 Å². The molecule has 0 saturated carbocycles. The zero-order valence-corrected chi connectivity index (χ0v) is 12.7. The highest BCUT2D eigenvalue weighted by atomic mass is 16.1. The van der Waals surface area contributed by atoms with Gasteiger partial charge in [-0.1, -0.05) is 44.2 Å². The molecule has 0 spiro atoms. The molecular formula is C17H23N3O. The molecule has 112 valence electrons. The average Bonchev–Trinajstić information content (AvgIpc) is 2.94. The lowest BCUT2D eigenvalue weighted by atomic mass is 10.1. The van der Waals surface area contributed by atoms with Gasteiger partial charge < -0.3 is 9.88 Å². The van der Waals surface area contributed by atoms with Crippen LogP contribution in [0.25, 0.3) is 0 Å². The standard InChI is InChI=1S/C17H23N3O/c1-3-17(21)16(18-4-2)10-15-12-20(13-19-15)11-14-8-6-5-7-9-14/h5-9,12-13,16,18H,3-4,10-11H2,1-2H3. The highest BCUT2D eigenvalue weighted by Crippen LogP contribution is 2.07. The number of ketones is 1. The van der Waals surface area contributed by atoms with Gasteiger partial charge in [0.1, 0.15) is 5.78 Å². The third-order valence-electron chi connectivity index (χ3n) is 3.50. The molecule has 1 N–H and O–H groups in total. The number of likely N-dealkylation sites (N-methyl/N-ethyl adjacent to an activating group) is 1. The van der Waals surface area contributed by atoms with Crippen LogP contribution in [0.1, 0.15) is 31.5 Å². The van der Waals surface area contributed by atoms with Crippen molar-refractivity contribution in [1.82, 2.24) is 14.9 Å². The maximum Gasteiger partial charge on any atom is 0.149 e. The summed E-state index contributed by atoms with van der Waals surface area (Å²) in [5.41, 5.74) is 2.20. The first kappa shape index (κ1) is 15.4. The van der Waals surface area contributed by atoms with Gasteiger partial charge in [-0.25, -0.2) is 4.98 Å². The minimum absolute atomic E-state index is 0.125. The van der Waals surface area contributed by atoms with E-state index >= 15 is 0 Å². The third-order valence-corrected chi connectivity index (χ3v) is 3.50. The molecule has 2 aromatic rings. The average molecular weight is 285 g/mol. The molecule has 1 aromatic heterocycles. The number of carbonyl (C=O) groups is 1. The van der Waals surface area contributed by atoms with Crippen molar-refractivity contribution < 1.29 is 4.79 Å². The number of imidazole rings is 1. The zero-order valence-electron chi connectivity index (χ0n) is 12.7. The lowest BCUT2D eigenvalue weighted by Gasteiger charge is -2.14. The van der Waals surface area contributed by atoms with E-state index in [0.717, 1.165) is 18.8 Å². The Hall–Kier alpha value is -1.94. The summed E-state index contributed by atoms with van der Waals surface area (Å²) in [6, 6.07) is 10.2. The quantitative estimate of drug-likeness (QED) is 0.810. The van der Waals surface area contributed by atoms with Crippen molar-refractivity contribution in [3.8, 4) is 0 Å². The number of hydrogen-bond acceptors (Lipinski definition) is 3. The molecular weight excluding hydrogens is 262 g/mol. The molecule has 1 heterocycles. The third kappa shape index (κ3) is 4.53. The summed E-state index contributed by atoms with van der Waals surface area (Å²) in [7, 11) is 0. The number of benzene rings is 1. The Kier molecular flexibility index (Phi) is 5.69. The van der Waals surface area contributed by atoms with Gasteiger partial charge in [-0.15, -0.1) is 0 Å². The van der Waals surface area contributed by atoms with E-state index in [9.17, 15) is 4.79 Å². The number of aromatic nitrogens is 2. The van der Waals surface area contributed by atoms with Crippen LogP contribution in [0.5, 0.6) is 0 Å². The van der Waals surface area contributed by atoms with E-state index in [1.807, 2.05) is 44.6 Å². The monoisotopic (exact) mass is 285 g/mol. The molecule has 1 aromatic carbocycles. The van der Waals surface area contributed by atoms with Crippen molar-refractivity contribution >= 4 is 5.78 Å². The second kappa shape index (κ2) is 7.74. The van der Waals surface area contributed by atoms with Crippen LogP contribution in [0.4, 0.5) is 0 Å². The fourth-order valence-electron chi connectivity index (χ4n) is 2.39. The molecule has 0 aliphatic heterocycles. The van der Waals surface area contributed by atoms with Crippen LogP contribution < -0.4 is 5.32 Å². The van der Waals surface area contributed by atoms with Crippen LogP contribution in [-0.4, -0.2) is 27.9 Å². The van der Waals surface area contributed by atoms with Gasteiger partial charge in [0, 0.05) is 25.6 Å². The van der Waals surface area contributed by atoms with Crippen LogP contribution in [0, 0.1) is 0 Å². The lowest BCUT2D eigenvalue weighted by molar-refractivity contribution is -0.120. The number of Topliss-reactive ketones (excluding diaryl/α,β-unsaturated/α-hetero) is 1. The first-order valence-electron chi connectivity index (χ1n) is 7.53. The second-order valence-corrected chi connectivity index (χ2v) is 5.16. The minimum Gasteiger partial charge on any atom is -0.333 e. The van der Waals surface area contributed by atoms with E-state index in [2.05, 4.69) is 27.0 Å². The molecule has 0 aliphatic carbocycles. The van der Waals surface area contributed by atoms with Gasteiger partial charge in [0.25, 0.3) is 0 Å². The maximum atomic E-state index is 11.9. The summed E-state index contributed by atoms with van der Waals surface area (Å²) in [6.07, 6.45) is 5.08. The van der Waals surface area contributed by atoms with E-state index in [-0.39, 0.29) is 11.8 Å². The van der Waals surface area contributed by atoms with E-state index < -0.39 is 0 Å². The number of nitrogens with one attached hydrogen (secondary N) is 1. The number of nitrogens with zero attached hydrogens (tertiary/aromatic N) is 2. The molecule has 0 fully saturated rings. The van der Waals surface area contributed by atoms with Gasteiger partial charge in [-0.2, -0.15) is 0 Å². The molecule has 0 radical (unpaired) electrons. The summed E-state index contributed by atoms with van der Waals surface area (Å²) >= 11 is 0. The summed E-state index contributed by atoms with van der Waals surface area (Å²) in [5, 5.41) is 3.24. The van der Waals surface area contributed by atoms with Crippen LogP contribution in [0.2, 0.25) is 0 Å². The molecule has 0 saturated heterocycles. The largest absolute Gasteiger partial charge is 0.333 e. The Morgan fingerprint density at radius 3 is 2.71 bits per heavy atom. The summed E-state index contributed by atoms with van der Waals surface area (Å²) < 4.78 is 2.06. The molecule has 0 aliphatic rings. The van der Waals surface area contributed by atoms with Crippen LogP contribution >= 0.6 is 0 Å². The Bertz CT molecular complexity index is 562. The summed E-state index contributed by atoms with van der Waals surface area (Å²) in [5.74, 6) is 0.245. The predicted octanol–water partition coefficient (Wildman–Crippen LogP) is 2.43. The van der Waals surface area contributed by atoms with Crippen LogP contribution in [0.3, 0.4) is 0 Å². The number of rotatable bonds is 8. The van der Waals surface area contributed by atoms with Crippen LogP contribution in [-0.2, 0) is 17.8 Å². The Morgan fingerprint density at radius 2 is 2.05 bits per heavy atom. The molecule has 2 rings (SSSR count). The van der Waals surface area contributed by atoms with Gasteiger partial charge in [-0.05, 0) is 12.1 Å². The Balaban J connectivity index is 2.00. The Morgan fingerprint density at radius 1 is 1.29 bits per heavy atom. The maximum absolute atomic E-state index is 11.9. The summed E-state index contributed by atoms with van der Waals surface area (Å²) in [6.45, 7) is 5.52. The molecule has 0 bridgehead atoms. The SMILES string of the molecule is CCNC(Cc1cn(Cc2ccccc2)cn1)C(=O)CC. The van der Waals surface area contributed by atoms with Gasteiger partial charge in [0.2, 0.25) is 0 Å². The van der Waals surface area contributed by atoms with Crippen molar-refractivity contribution in [2.24, 2.45) is 0 Å². The summed E-state index contributed by atoms with van der Waals surface area (Å²) in [4.78, 5) is 16.3. The van der Waals surface area contributed by atoms with Gasteiger partial charge in [0.15, 0.2) is 0 Å². The van der Waals surface area contributed by atoms with Crippen molar-refractivity contribution in [3.63, 3.8) is 0 Å². The van der Waals surface area contributed by atoms with E-state index in [1.165, 1.54) is 5.56 Å². The highest BCUT2D eigenvalue weighted by Gasteiger charge is 2.17. The molecule has 21 heavy (non-hydrogen) atoms. The number of hydrogen-bond donors (Lipinski definition) is 1. The fourth-order valence-corrected chi connectivity index (χ4v) is 2.39. The van der Waals surface area contributed by atoms with Crippen molar-refractivity contribution in [1.29, 1.82) is 0 Å². The predicted molar refractivity (Wildman–Crippen MR) is 84.2 cm³/mol. The van der Waals surface area contributed by atoms with Gasteiger partial charge in [0.05, 0.1) is 18.1 Å². The number of carbonyl (C=O) groups excluding carboxylic acids is 1. The second-order valence-electron chi connectivity index (χ2n) is 5.16. The first-order valence-corrected chi connectivity index (χ1v) is 7.53. The molecule has 1 atom stereocenters. The highest BCUT2D eigenvalue weighted by molar-refractivity contribution is 5.83. The molecule has 4 heteroatoms. The lowest BCUT2D eigenvalue weighted by Crippen LogP contribution is -2.38. The normalized spacial score (nSPS) is 12.3. The van der Waals surface area contributed by atoms with E-state index in [4.69, 9.17) is 0 Å². The molecule has 4 nitrogen and oxygen atoms in total. The van der Waals surface area contributed by atoms with Crippen molar-refractivity contribution in [2.45, 2.75) is 39.3 Å². The Labute approximate surface area is 126 Å². The zero-order chi connectivity index (χ0) is 15.1. The first-order chi connectivity index (χ1) is 10.2. The van der Waals surface area contributed by atoms with Crippen molar-refractivity contribution in [3.05, 3.63) is 54.1 Å². The molecule has 0 amide bonds. The van der Waals surface area contributed by atoms with Crippen LogP contribution in [0.15, 0.2) is 42.9 Å². The van der Waals surface area contributed by atoms with E-state index in [1.54, 1.807) is 0 Å². The van der Waals surface area contributed by atoms with E-state index in [0.29, 0.717) is 12.8 Å².